The highest BCUT2D eigenvalue weighted by Crippen LogP contribution is 2.30. The Bertz CT molecular complexity index is 915. The van der Waals surface area contributed by atoms with E-state index in [4.69, 9.17) is 11.6 Å². The zero-order chi connectivity index (χ0) is 16.7. The molecule has 0 atom stereocenters. The van der Waals surface area contributed by atoms with E-state index in [0.717, 1.165) is 12.1 Å². The molecule has 2 heterocycles. The van der Waals surface area contributed by atoms with E-state index >= 15 is 0 Å². The Morgan fingerprint density at radius 3 is 2.35 bits per heavy atom. The Kier molecular flexibility index (Phi) is 3.89. The smallest absolute Gasteiger partial charge is 0.246 e. The summed E-state index contributed by atoms with van der Waals surface area (Å²) in [4.78, 5) is 16.6. The molecule has 118 valence electrons. The summed E-state index contributed by atoms with van der Waals surface area (Å²) in [7, 11) is 0. The van der Waals surface area contributed by atoms with Crippen LogP contribution in [0.4, 0.5) is 13.2 Å². The van der Waals surface area contributed by atoms with Crippen LogP contribution in [-0.4, -0.2) is 19.9 Å². The van der Waals surface area contributed by atoms with Crippen LogP contribution in [0.3, 0.4) is 0 Å². The molecule has 0 aliphatic carbocycles. The zero-order valence-corrected chi connectivity index (χ0v) is 12.9. The Morgan fingerprint density at radius 2 is 1.70 bits per heavy atom. The molecule has 0 saturated carbocycles. The van der Waals surface area contributed by atoms with Crippen LogP contribution in [0, 0.1) is 19.7 Å². The topological polar surface area (TPSA) is 51.6 Å². The molecule has 3 rings (SSSR count). The summed E-state index contributed by atoms with van der Waals surface area (Å²) in [5.74, 6) is -0.834. The molecule has 0 aliphatic heterocycles. The molecule has 2 aromatic heterocycles. The number of nitrogens with zero attached hydrogens (tertiary/aromatic N) is 4. The van der Waals surface area contributed by atoms with Crippen LogP contribution < -0.4 is 0 Å². The summed E-state index contributed by atoms with van der Waals surface area (Å²) in [5, 5.41) is -0.123. The molecule has 3 aromatic rings. The van der Waals surface area contributed by atoms with Crippen LogP contribution in [0.5, 0.6) is 0 Å². The number of benzene rings is 1. The van der Waals surface area contributed by atoms with Crippen molar-refractivity contribution >= 4 is 22.8 Å². The van der Waals surface area contributed by atoms with Crippen LogP contribution in [-0.2, 0) is 0 Å². The van der Waals surface area contributed by atoms with E-state index in [0.29, 0.717) is 11.4 Å². The van der Waals surface area contributed by atoms with Crippen LogP contribution in [0.1, 0.15) is 23.4 Å². The van der Waals surface area contributed by atoms with Gasteiger partial charge < -0.3 is 0 Å². The van der Waals surface area contributed by atoms with E-state index < -0.39 is 17.8 Å². The van der Waals surface area contributed by atoms with E-state index in [9.17, 15) is 13.2 Å². The summed E-state index contributed by atoms with van der Waals surface area (Å²) < 4.78 is 39.6. The summed E-state index contributed by atoms with van der Waals surface area (Å²) >= 11 is 5.87. The second kappa shape index (κ2) is 5.73. The number of fused-ring (bicyclic) bond motifs is 1. The molecule has 0 aliphatic rings. The number of rotatable bonds is 2. The van der Waals surface area contributed by atoms with Gasteiger partial charge in [-0.2, -0.15) is 4.98 Å². The van der Waals surface area contributed by atoms with Crippen molar-refractivity contribution in [1.82, 2.24) is 19.9 Å². The van der Waals surface area contributed by atoms with Crippen LogP contribution in [0.15, 0.2) is 18.2 Å². The summed E-state index contributed by atoms with van der Waals surface area (Å²) in [6.45, 7) is 3.51. The lowest BCUT2D eigenvalue weighted by atomic mass is 10.1. The molecule has 0 amide bonds. The predicted molar refractivity (Wildman–Crippen MR) is 80.0 cm³/mol. The largest absolute Gasteiger partial charge is 0.263 e. The number of halogens is 4. The Hall–Kier alpha value is -2.28. The molecule has 0 unspecified atom stereocenters. The number of hydrogen-bond acceptors (Lipinski definition) is 4. The molecule has 8 heteroatoms. The molecule has 23 heavy (non-hydrogen) atoms. The molecule has 0 spiro atoms. The van der Waals surface area contributed by atoms with Gasteiger partial charge in [0.25, 0.3) is 6.43 Å². The SMILES string of the molecule is Cc1nc2nc(Cl)nc(-c3ccc(C(F)F)cc3F)c2nc1C. The molecule has 0 radical (unpaired) electrons. The highest BCUT2D eigenvalue weighted by molar-refractivity contribution is 6.28. The van der Waals surface area contributed by atoms with E-state index in [2.05, 4.69) is 19.9 Å². The minimum absolute atomic E-state index is 0.0150. The predicted octanol–water partition coefficient (Wildman–Crippen LogP) is 4.43. The van der Waals surface area contributed by atoms with Crippen molar-refractivity contribution in [1.29, 1.82) is 0 Å². The van der Waals surface area contributed by atoms with Crippen LogP contribution in [0.25, 0.3) is 22.4 Å². The molecule has 0 fully saturated rings. The quantitative estimate of drug-likeness (QED) is 0.648. The van der Waals surface area contributed by atoms with Gasteiger partial charge in [0, 0.05) is 11.1 Å². The molecular weight excluding hydrogens is 329 g/mol. The molecule has 1 aromatic carbocycles. The first-order chi connectivity index (χ1) is 10.9. The fourth-order valence-corrected chi connectivity index (χ4v) is 2.30. The van der Waals surface area contributed by atoms with Gasteiger partial charge in [0.1, 0.15) is 17.0 Å². The third-order valence-corrected chi connectivity index (χ3v) is 3.58. The van der Waals surface area contributed by atoms with Crippen LogP contribution in [0.2, 0.25) is 5.28 Å². The number of aromatic nitrogens is 4. The maximum absolute atomic E-state index is 14.3. The van der Waals surface area contributed by atoms with Gasteiger partial charge in [-0.05, 0) is 37.6 Å². The fraction of sp³-hybridized carbons (Fsp3) is 0.200. The van der Waals surface area contributed by atoms with Crippen molar-refractivity contribution in [2.75, 3.05) is 0 Å². The highest BCUT2D eigenvalue weighted by atomic mass is 35.5. The fourth-order valence-electron chi connectivity index (χ4n) is 2.13. The lowest BCUT2D eigenvalue weighted by Crippen LogP contribution is -2.01. The van der Waals surface area contributed by atoms with Crippen molar-refractivity contribution < 1.29 is 13.2 Å². The van der Waals surface area contributed by atoms with Gasteiger partial charge in [-0.1, -0.05) is 6.07 Å². The number of aryl methyl sites for hydroxylation is 2. The Labute approximate surface area is 134 Å². The molecule has 4 nitrogen and oxygen atoms in total. The maximum atomic E-state index is 14.3. The van der Waals surface area contributed by atoms with Gasteiger partial charge in [0.05, 0.1) is 11.4 Å². The highest BCUT2D eigenvalue weighted by Gasteiger charge is 2.18. The number of alkyl halides is 2. The molecule has 0 saturated heterocycles. The van der Waals surface area contributed by atoms with Gasteiger partial charge in [-0.3, -0.25) is 0 Å². The van der Waals surface area contributed by atoms with Gasteiger partial charge in [0.2, 0.25) is 5.28 Å². The first kappa shape index (κ1) is 15.6. The second-order valence-electron chi connectivity index (χ2n) is 4.95. The summed E-state index contributed by atoms with van der Waals surface area (Å²) in [6, 6.07) is 3.14. The van der Waals surface area contributed by atoms with Gasteiger partial charge in [0.15, 0.2) is 5.65 Å². The monoisotopic (exact) mass is 338 g/mol. The van der Waals surface area contributed by atoms with E-state index in [-0.39, 0.29) is 27.7 Å². The molecule has 0 N–H and O–H groups in total. The van der Waals surface area contributed by atoms with Gasteiger partial charge in [-0.25, -0.2) is 28.1 Å². The lowest BCUT2D eigenvalue weighted by Gasteiger charge is -2.09. The first-order valence-corrected chi connectivity index (χ1v) is 7.01. The summed E-state index contributed by atoms with van der Waals surface area (Å²) in [5.41, 5.74) is 1.51. The first-order valence-electron chi connectivity index (χ1n) is 6.63. The maximum Gasteiger partial charge on any atom is 0.263 e. The standard InChI is InChI=1S/C15H10ClF3N4/c1-6-7(2)21-14-12(20-6)11(22-15(16)23-14)9-4-3-8(13(18)19)5-10(9)17/h3-5,13H,1-2H3. The zero-order valence-electron chi connectivity index (χ0n) is 12.1. The van der Waals surface area contributed by atoms with Crippen molar-refractivity contribution in [3.05, 3.63) is 46.3 Å². The molecular formula is C15H10ClF3N4. The van der Waals surface area contributed by atoms with Crippen molar-refractivity contribution in [3.63, 3.8) is 0 Å². The summed E-state index contributed by atoms with van der Waals surface area (Å²) in [6.07, 6.45) is -2.76. The third kappa shape index (κ3) is 2.84. The normalized spacial score (nSPS) is 11.4. The van der Waals surface area contributed by atoms with Crippen molar-refractivity contribution in [2.24, 2.45) is 0 Å². The third-order valence-electron chi connectivity index (χ3n) is 3.42. The Balaban J connectivity index is 2.29. The van der Waals surface area contributed by atoms with E-state index in [1.165, 1.54) is 6.07 Å². The van der Waals surface area contributed by atoms with Crippen molar-refractivity contribution in [3.8, 4) is 11.3 Å². The van der Waals surface area contributed by atoms with Crippen molar-refractivity contribution in [2.45, 2.75) is 20.3 Å². The van der Waals surface area contributed by atoms with Gasteiger partial charge >= 0.3 is 0 Å². The van der Waals surface area contributed by atoms with E-state index in [1.807, 2.05) is 0 Å². The minimum atomic E-state index is -2.76. The van der Waals surface area contributed by atoms with Crippen LogP contribution >= 0.6 is 11.6 Å². The average molecular weight is 339 g/mol. The average Bonchev–Trinajstić information content (AvgIpc) is 2.48. The minimum Gasteiger partial charge on any atom is -0.246 e. The Morgan fingerprint density at radius 1 is 1.00 bits per heavy atom. The van der Waals surface area contributed by atoms with E-state index in [1.54, 1.807) is 13.8 Å². The number of hydrogen-bond donors (Lipinski definition) is 0. The second-order valence-corrected chi connectivity index (χ2v) is 5.29. The lowest BCUT2D eigenvalue weighted by molar-refractivity contribution is 0.151. The van der Waals surface area contributed by atoms with Gasteiger partial charge in [-0.15, -0.1) is 0 Å². The molecule has 0 bridgehead atoms.